The van der Waals surface area contributed by atoms with Crippen LogP contribution in [-0.4, -0.2) is 49.6 Å². The first kappa shape index (κ1) is 18.3. The van der Waals surface area contributed by atoms with Crippen LogP contribution in [0.1, 0.15) is 59.8 Å². The molecular formula is C17H36N4. The molecule has 1 atom stereocenters. The summed E-state index contributed by atoms with van der Waals surface area (Å²) in [6, 6.07) is 0.789. The average Bonchev–Trinajstić information content (AvgIpc) is 2.46. The summed E-state index contributed by atoms with van der Waals surface area (Å²) in [6.45, 7) is 14.3. The van der Waals surface area contributed by atoms with Crippen molar-refractivity contribution in [3.8, 4) is 0 Å². The lowest BCUT2D eigenvalue weighted by molar-refractivity contribution is 0.158. The number of likely N-dealkylation sites (tertiary alicyclic amines) is 1. The van der Waals surface area contributed by atoms with E-state index in [1.54, 1.807) is 0 Å². The fourth-order valence-corrected chi connectivity index (χ4v) is 2.75. The lowest BCUT2D eigenvalue weighted by atomic mass is 10.0. The molecule has 2 N–H and O–H groups in total. The monoisotopic (exact) mass is 296 g/mol. The molecular weight excluding hydrogens is 260 g/mol. The number of guanidine groups is 1. The molecule has 1 aliphatic rings. The number of nitrogens with zero attached hydrogens (tertiary/aromatic N) is 2. The SMILES string of the molecule is CCNC(=NCC(C)C)NCCCCN1CCCCC1C. The van der Waals surface area contributed by atoms with Crippen LogP contribution in [0.15, 0.2) is 4.99 Å². The quantitative estimate of drug-likeness (QED) is 0.411. The largest absolute Gasteiger partial charge is 0.357 e. The highest BCUT2D eigenvalue weighted by Crippen LogP contribution is 2.16. The van der Waals surface area contributed by atoms with Gasteiger partial charge in [0.05, 0.1) is 0 Å². The number of nitrogens with one attached hydrogen (secondary N) is 2. The fraction of sp³-hybridized carbons (Fsp3) is 0.941. The van der Waals surface area contributed by atoms with Crippen molar-refractivity contribution < 1.29 is 0 Å². The van der Waals surface area contributed by atoms with E-state index in [0.717, 1.165) is 31.6 Å². The number of hydrogen-bond acceptors (Lipinski definition) is 2. The molecule has 0 aliphatic carbocycles. The molecule has 0 aromatic heterocycles. The van der Waals surface area contributed by atoms with E-state index in [4.69, 9.17) is 0 Å². The van der Waals surface area contributed by atoms with Crippen molar-refractivity contribution in [1.82, 2.24) is 15.5 Å². The molecule has 1 unspecified atom stereocenters. The Kier molecular flexibility index (Phi) is 9.48. The zero-order valence-electron chi connectivity index (χ0n) is 14.6. The Bertz CT molecular complexity index is 289. The van der Waals surface area contributed by atoms with E-state index in [1.807, 2.05) is 0 Å². The van der Waals surface area contributed by atoms with E-state index in [9.17, 15) is 0 Å². The molecule has 0 saturated carbocycles. The Morgan fingerprint density at radius 1 is 1.24 bits per heavy atom. The summed E-state index contributed by atoms with van der Waals surface area (Å²) < 4.78 is 0. The molecule has 0 spiro atoms. The molecule has 1 fully saturated rings. The van der Waals surface area contributed by atoms with Crippen LogP contribution in [0.3, 0.4) is 0 Å². The van der Waals surface area contributed by atoms with E-state index in [2.05, 4.69) is 48.2 Å². The first-order valence-electron chi connectivity index (χ1n) is 8.89. The van der Waals surface area contributed by atoms with E-state index >= 15 is 0 Å². The van der Waals surface area contributed by atoms with E-state index in [0.29, 0.717) is 5.92 Å². The Balaban J connectivity index is 2.14. The molecule has 0 bridgehead atoms. The smallest absolute Gasteiger partial charge is 0.191 e. The first-order chi connectivity index (χ1) is 10.1. The predicted octanol–water partition coefficient (Wildman–Crippen LogP) is 2.85. The average molecular weight is 297 g/mol. The summed E-state index contributed by atoms with van der Waals surface area (Å²) in [5.41, 5.74) is 0. The maximum atomic E-state index is 4.60. The Morgan fingerprint density at radius 3 is 2.71 bits per heavy atom. The van der Waals surface area contributed by atoms with Gasteiger partial charge in [-0.2, -0.15) is 0 Å². The van der Waals surface area contributed by atoms with Gasteiger partial charge in [-0.15, -0.1) is 0 Å². The highest BCUT2D eigenvalue weighted by molar-refractivity contribution is 5.79. The van der Waals surface area contributed by atoms with Gasteiger partial charge < -0.3 is 15.5 Å². The van der Waals surface area contributed by atoms with E-state index < -0.39 is 0 Å². The second-order valence-corrected chi connectivity index (χ2v) is 6.63. The van der Waals surface area contributed by atoms with Gasteiger partial charge in [0.2, 0.25) is 0 Å². The third kappa shape index (κ3) is 8.30. The van der Waals surface area contributed by atoms with Crippen molar-refractivity contribution in [3.05, 3.63) is 0 Å². The number of piperidine rings is 1. The van der Waals surface area contributed by atoms with Crippen molar-refractivity contribution in [3.63, 3.8) is 0 Å². The molecule has 4 nitrogen and oxygen atoms in total. The molecule has 0 aromatic rings. The van der Waals surface area contributed by atoms with Gasteiger partial charge >= 0.3 is 0 Å². The zero-order valence-corrected chi connectivity index (χ0v) is 14.6. The zero-order chi connectivity index (χ0) is 15.5. The van der Waals surface area contributed by atoms with E-state index in [1.165, 1.54) is 45.2 Å². The summed E-state index contributed by atoms with van der Waals surface area (Å²) in [7, 11) is 0. The maximum absolute atomic E-state index is 4.60. The Morgan fingerprint density at radius 2 is 2.05 bits per heavy atom. The van der Waals surface area contributed by atoms with Crippen LogP contribution < -0.4 is 10.6 Å². The van der Waals surface area contributed by atoms with Gasteiger partial charge in [0.25, 0.3) is 0 Å². The van der Waals surface area contributed by atoms with Crippen LogP contribution in [0.5, 0.6) is 0 Å². The second kappa shape index (κ2) is 10.9. The van der Waals surface area contributed by atoms with Crippen molar-refractivity contribution in [2.24, 2.45) is 10.9 Å². The van der Waals surface area contributed by atoms with Crippen LogP contribution in [-0.2, 0) is 0 Å². The van der Waals surface area contributed by atoms with Gasteiger partial charge in [-0.25, -0.2) is 0 Å². The molecule has 21 heavy (non-hydrogen) atoms. The molecule has 0 amide bonds. The summed E-state index contributed by atoms with van der Waals surface area (Å²) in [5.74, 6) is 1.58. The van der Waals surface area contributed by atoms with Crippen LogP contribution in [0.25, 0.3) is 0 Å². The molecule has 1 aliphatic heterocycles. The highest BCUT2D eigenvalue weighted by atomic mass is 15.2. The number of unbranched alkanes of at least 4 members (excludes halogenated alkanes) is 1. The minimum absolute atomic E-state index is 0.612. The molecule has 1 heterocycles. The third-order valence-electron chi connectivity index (χ3n) is 4.06. The highest BCUT2D eigenvalue weighted by Gasteiger charge is 2.16. The second-order valence-electron chi connectivity index (χ2n) is 6.63. The number of rotatable bonds is 8. The van der Waals surface area contributed by atoms with Gasteiger partial charge in [0, 0.05) is 25.7 Å². The predicted molar refractivity (Wildman–Crippen MR) is 92.9 cm³/mol. The molecule has 124 valence electrons. The molecule has 0 radical (unpaired) electrons. The molecule has 1 saturated heterocycles. The van der Waals surface area contributed by atoms with Crippen molar-refractivity contribution in [1.29, 1.82) is 0 Å². The van der Waals surface area contributed by atoms with Crippen molar-refractivity contribution in [2.75, 3.05) is 32.7 Å². The van der Waals surface area contributed by atoms with Gasteiger partial charge in [0.15, 0.2) is 5.96 Å². The third-order valence-corrected chi connectivity index (χ3v) is 4.06. The Hall–Kier alpha value is -0.770. The topological polar surface area (TPSA) is 39.7 Å². The standard InChI is InChI=1S/C17H36N4/c1-5-18-17(20-14-15(2)3)19-11-7-9-13-21-12-8-6-10-16(21)4/h15-16H,5-14H2,1-4H3,(H2,18,19,20). The molecule has 0 aromatic carbocycles. The molecule has 4 heteroatoms. The van der Waals surface area contributed by atoms with E-state index in [-0.39, 0.29) is 0 Å². The van der Waals surface area contributed by atoms with Crippen molar-refractivity contribution >= 4 is 5.96 Å². The summed E-state index contributed by atoms with van der Waals surface area (Å²) >= 11 is 0. The molecule has 1 rings (SSSR count). The summed E-state index contributed by atoms with van der Waals surface area (Å²) in [6.07, 6.45) is 6.67. The van der Waals surface area contributed by atoms with Crippen LogP contribution in [0.4, 0.5) is 0 Å². The summed E-state index contributed by atoms with van der Waals surface area (Å²) in [5, 5.41) is 6.76. The number of hydrogen-bond donors (Lipinski definition) is 2. The van der Waals surface area contributed by atoms with Crippen molar-refractivity contribution in [2.45, 2.75) is 65.8 Å². The lowest BCUT2D eigenvalue weighted by Gasteiger charge is -2.33. The lowest BCUT2D eigenvalue weighted by Crippen LogP contribution is -2.39. The number of aliphatic imine (C=N–C) groups is 1. The minimum Gasteiger partial charge on any atom is -0.357 e. The normalized spacial score (nSPS) is 20.8. The van der Waals surface area contributed by atoms with Gasteiger partial charge in [0.1, 0.15) is 0 Å². The van der Waals surface area contributed by atoms with Crippen LogP contribution >= 0.6 is 0 Å². The van der Waals surface area contributed by atoms with Gasteiger partial charge in [-0.05, 0) is 58.5 Å². The van der Waals surface area contributed by atoms with Crippen LogP contribution in [0.2, 0.25) is 0 Å². The summed E-state index contributed by atoms with van der Waals surface area (Å²) in [4.78, 5) is 7.25. The minimum atomic E-state index is 0.612. The van der Waals surface area contributed by atoms with Crippen LogP contribution in [0, 0.1) is 5.92 Å². The fourth-order valence-electron chi connectivity index (χ4n) is 2.75. The Labute approximate surface area is 131 Å². The van der Waals surface area contributed by atoms with Gasteiger partial charge in [-0.1, -0.05) is 20.3 Å². The first-order valence-corrected chi connectivity index (χ1v) is 8.89. The maximum Gasteiger partial charge on any atom is 0.191 e. The van der Waals surface area contributed by atoms with Gasteiger partial charge in [-0.3, -0.25) is 4.99 Å².